The van der Waals surface area contributed by atoms with Gasteiger partial charge in [-0.1, -0.05) is 24.3 Å². The van der Waals surface area contributed by atoms with Crippen LogP contribution in [-0.2, 0) is 0 Å². The molecule has 0 aromatic heterocycles. The van der Waals surface area contributed by atoms with Gasteiger partial charge in [0.25, 0.3) is 0 Å². The molecule has 1 aliphatic heterocycles. The zero-order valence-corrected chi connectivity index (χ0v) is 8.86. The largest absolute Gasteiger partial charge is 0.344 e. The average Bonchev–Trinajstić information content (AvgIpc) is 2.25. The monoisotopic (exact) mass is 196 g/mol. The molecule has 2 nitrogen and oxygen atoms in total. The predicted octanol–water partition coefficient (Wildman–Crippen LogP) is 2.72. The first-order valence-electron chi connectivity index (χ1n) is 5.03. The third-order valence-electron chi connectivity index (χ3n) is 2.88. The Morgan fingerprint density at radius 3 is 1.93 bits per heavy atom. The molecule has 2 radical (unpaired) electrons. The Morgan fingerprint density at radius 1 is 0.867 bits per heavy atom. The summed E-state index contributed by atoms with van der Waals surface area (Å²) in [6.45, 7) is 3.26. The minimum Gasteiger partial charge on any atom is -0.344 e. The van der Waals surface area contributed by atoms with Crippen molar-refractivity contribution >= 4 is 22.1 Å². The van der Waals surface area contributed by atoms with Gasteiger partial charge in [-0.2, -0.15) is 0 Å². The molecule has 2 aromatic rings. The van der Waals surface area contributed by atoms with Crippen molar-refractivity contribution in [2.24, 2.45) is 0 Å². The van der Waals surface area contributed by atoms with E-state index in [0.717, 1.165) is 0 Å². The molecule has 2 heteroatoms. The zero-order valence-electron chi connectivity index (χ0n) is 8.86. The quantitative estimate of drug-likeness (QED) is 0.639. The van der Waals surface area contributed by atoms with Crippen molar-refractivity contribution in [1.29, 1.82) is 0 Å². The number of nitrogens with zero attached hydrogens (tertiary/aromatic N) is 2. The van der Waals surface area contributed by atoms with E-state index in [1.807, 2.05) is 23.9 Å². The molecule has 0 amide bonds. The van der Waals surface area contributed by atoms with E-state index >= 15 is 0 Å². The van der Waals surface area contributed by atoms with E-state index in [-0.39, 0.29) is 0 Å². The second-order valence-corrected chi connectivity index (χ2v) is 3.87. The Labute approximate surface area is 89.7 Å². The first-order valence-corrected chi connectivity index (χ1v) is 5.03. The van der Waals surface area contributed by atoms with Crippen molar-refractivity contribution in [1.82, 2.24) is 0 Å². The molecule has 0 saturated heterocycles. The summed E-state index contributed by atoms with van der Waals surface area (Å²) in [7, 11) is 4.06. The van der Waals surface area contributed by atoms with E-state index in [1.54, 1.807) is 0 Å². The molecule has 2 aromatic carbocycles. The van der Waals surface area contributed by atoms with Crippen LogP contribution in [0.5, 0.6) is 0 Å². The zero-order chi connectivity index (χ0) is 10.4. The molecule has 0 aliphatic carbocycles. The van der Waals surface area contributed by atoms with E-state index in [0.29, 0.717) is 0 Å². The first-order chi connectivity index (χ1) is 7.27. The molecule has 74 valence electrons. The lowest BCUT2D eigenvalue weighted by atomic mass is 10.0. The van der Waals surface area contributed by atoms with Gasteiger partial charge in [-0.3, -0.25) is 0 Å². The van der Waals surface area contributed by atoms with Gasteiger partial charge in [0, 0.05) is 30.9 Å². The summed E-state index contributed by atoms with van der Waals surface area (Å²) in [6.07, 6.45) is 0. The van der Waals surface area contributed by atoms with Gasteiger partial charge < -0.3 is 9.80 Å². The van der Waals surface area contributed by atoms with Crippen molar-refractivity contribution < 1.29 is 0 Å². The Kier molecular flexibility index (Phi) is 1.66. The van der Waals surface area contributed by atoms with Crippen LogP contribution in [0, 0.1) is 6.67 Å². The van der Waals surface area contributed by atoms with Gasteiger partial charge in [0.05, 0.1) is 0 Å². The fraction of sp³-hybridized carbons (Fsp3) is 0.154. The highest BCUT2D eigenvalue weighted by Crippen LogP contribution is 2.38. The number of hydrogen-bond acceptors (Lipinski definition) is 2. The van der Waals surface area contributed by atoms with Crippen molar-refractivity contribution in [3.05, 3.63) is 43.1 Å². The van der Waals surface area contributed by atoms with Crippen LogP contribution in [0.15, 0.2) is 36.4 Å². The first kappa shape index (κ1) is 8.60. The van der Waals surface area contributed by atoms with Crippen molar-refractivity contribution in [3.63, 3.8) is 0 Å². The highest BCUT2D eigenvalue weighted by atomic mass is 15.3. The van der Waals surface area contributed by atoms with Crippen LogP contribution in [0.4, 0.5) is 11.4 Å². The van der Waals surface area contributed by atoms with Crippen LogP contribution in [-0.4, -0.2) is 14.1 Å². The minimum absolute atomic E-state index is 1.22. The van der Waals surface area contributed by atoms with Gasteiger partial charge in [-0.15, -0.1) is 0 Å². The molecule has 0 atom stereocenters. The van der Waals surface area contributed by atoms with Gasteiger partial charge in [0.2, 0.25) is 6.67 Å². The summed E-state index contributed by atoms with van der Waals surface area (Å²) in [5.74, 6) is 0. The SMILES string of the molecule is CN1[C]N(C)c2cccc3cccc1c23. The Morgan fingerprint density at radius 2 is 1.40 bits per heavy atom. The smallest absolute Gasteiger partial charge is 0.208 e. The topological polar surface area (TPSA) is 6.48 Å². The third kappa shape index (κ3) is 1.11. The van der Waals surface area contributed by atoms with E-state index < -0.39 is 0 Å². The van der Waals surface area contributed by atoms with Gasteiger partial charge in [0.15, 0.2) is 0 Å². The standard InChI is InChI=1S/C13H12N2/c1-14-9-15(2)12-8-4-6-10-5-3-7-11(14)13(10)12/h3-8H,1-2H3. The number of hydrogen-bond donors (Lipinski definition) is 0. The van der Waals surface area contributed by atoms with Gasteiger partial charge in [0.1, 0.15) is 0 Å². The number of rotatable bonds is 0. The summed E-state index contributed by atoms with van der Waals surface area (Å²) in [4.78, 5) is 4.07. The normalized spacial score (nSPS) is 14.8. The molecular formula is C13H12N2. The Balaban J connectivity index is 2.45. The summed E-state index contributed by atoms with van der Waals surface area (Å²) < 4.78 is 0. The maximum Gasteiger partial charge on any atom is 0.208 e. The lowest BCUT2D eigenvalue weighted by Crippen LogP contribution is -2.30. The van der Waals surface area contributed by atoms with E-state index in [4.69, 9.17) is 0 Å². The van der Waals surface area contributed by atoms with Crippen molar-refractivity contribution in [3.8, 4) is 0 Å². The van der Waals surface area contributed by atoms with E-state index in [1.165, 1.54) is 22.1 Å². The Hall–Kier alpha value is -1.70. The van der Waals surface area contributed by atoms with Crippen LogP contribution >= 0.6 is 0 Å². The molecule has 1 heterocycles. The van der Waals surface area contributed by atoms with Crippen LogP contribution in [0.1, 0.15) is 0 Å². The second-order valence-electron chi connectivity index (χ2n) is 3.87. The molecule has 0 bridgehead atoms. The molecule has 0 unspecified atom stereocenters. The molecule has 15 heavy (non-hydrogen) atoms. The van der Waals surface area contributed by atoms with E-state index in [9.17, 15) is 0 Å². The number of anilines is 2. The molecule has 0 fully saturated rings. The summed E-state index contributed by atoms with van der Waals surface area (Å²) in [6, 6.07) is 12.7. The molecule has 0 saturated carbocycles. The summed E-state index contributed by atoms with van der Waals surface area (Å²) >= 11 is 0. The minimum atomic E-state index is 1.22. The Bertz CT molecular complexity index is 476. The fourth-order valence-corrected chi connectivity index (χ4v) is 2.19. The van der Waals surface area contributed by atoms with Crippen LogP contribution in [0.25, 0.3) is 10.8 Å². The second kappa shape index (κ2) is 2.89. The third-order valence-corrected chi connectivity index (χ3v) is 2.88. The van der Waals surface area contributed by atoms with Gasteiger partial charge in [-0.25, -0.2) is 0 Å². The van der Waals surface area contributed by atoms with Gasteiger partial charge in [-0.05, 0) is 17.5 Å². The average molecular weight is 196 g/mol. The lowest BCUT2D eigenvalue weighted by molar-refractivity contribution is 0.961. The molecule has 0 N–H and O–H groups in total. The molecular weight excluding hydrogens is 184 g/mol. The van der Waals surface area contributed by atoms with Gasteiger partial charge >= 0.3 is 0 Å². The molecule has 1 aliphatic rings. The maximum atomic E-state index is 3.26. The lowest BCUT2D eigenvalue weighted by Gasteiger charge is -2.33. The summed E-state index contributed by atoms with van der Waals surface area (Å²) in [5, 5.41) is 2.59. The predicted molar refractivity (Wildman–Crippen MR) is 64.0 cm³/mol. The van der Waals surface area contributed by atoms with Crippen molar-refractivity contribution in [2.75, 3.05) is 23.9 Å². The van der Waals surface area contributed by atoms with Crippen LogP contribution in [0.3, 0.4) is 0 Å². The fourth-order valence-electron chi connectivity index (χ4n) is 2.19. The highest BCUT2D eigenvalue weighted by Gasteiger charge is 2.20. The summed E-state index contributed by atoms with van der Waals surface area (Å²) in [5.41, 5.74) is 2.45. The highest BCUT2D eigenvalue weighted by molar-refractivity contribution is 6.05. The van der Waals surface area contributed by atoms with Crippen LogP contribution in [0.2, 0.25) is 0 Å². The van der Waals surface area contributed by atoms with Crippen LogP contribution < -0.4 is 9.80 Å². The molecule has 3 rings (SSSR count). The van der Waals surface area contributed by atoms with E-state index in [2.05, 4.69) is 43.1 Å². The number of benzene rings is 2. The molecule has 0 spiro atoms. The van der Waals surface area contributed by atoms with Crippen molar-refractivity contribution in [2.45, 2.75) is 0 Å². The maximum absolute atomic E-state index is 3.26.